The zero-order valence-corrected chi connectivity index (χ0v) is 15.8. The van der Waals surface area contributed by atoms with Crippen LogP contribution in [0.4, 0.5) is 10.1 Å². The quantitative estimate of drug-likeness (QED) is 0.567. The molecule has 2 heterocycles. The van der Waals surface area contributed by atoms with Crippen LogP contribution in [-0.2, 0) is 17.8 Å². The van der Waals surface area contributed by atoms with Crippen molar-refractivity contribution in [3.05, 3.63) is 88.6 Å². The van der Waals surface area contributed by atoms with E-state index in [0.29, 0.717) is 22.4 Å². The van der Waals surface area contributed by atoms with E-state index in [1.807, 2.05) is 31.2 Å². The standard InChI is InChI=1S/C22H19FN4O2/c1-2-15-6-3-8-17(12-15)25-20(28)14-26-21-19(10-5-11-24-21)22(29)27(26)18-9-4-7-16(23)13-18/h3-13H,2,14H2,1H3,(H,25,28). The number of halogens is 1. The third-order valence-corrected chi connectivity index (χ3v) is 4.66. The first kappa shape index (κ1) is 18.6. The number of aromatic nitrogens is 3. The Labute approximate surface area is 166 Å². The van der Waals surface area contributed by atoms with Gasteiger partial charge < -0.3 is 5.32 Å². The van der Waals surface area contributed by atoms with Crippen LogP contribution in [-0.4, -0.2) is 20.3 Å². The maximum absolute atomic E-state index is 13.8. The van der Waals surface area contributed by atoms with Crippen molar-refractivity contribution >= 4 is 22.6 Å². The molecule has 0 aliphatic carbocycles. The number of fused-ring (bicyclic) bond motifs is 1. The van der Waals surface area contributed by atoms with Gasteiger partial charge in [0.2, 0.25) is 5.91 Å². The molecule has 0 spiro atoms. The molecule has 146 valence electrons. The van der Waals surface area contributed by atoms with Crippen molar-refractivity contribution in [2.75, 3.05) is 5.32 Å². The molecule has 2 aromatic carbocycles. The SMILES string of the molecule is CCc1cccc(NC(=O)Cn2c3ncccc3c(=O)n2-c2cccc(F)c2)c1. The van der Waals surface area contributed by atoms with Gasteiger partial charge in [-0.15, -0.1) is 0 Å². The van der Waals surface area contributed by atoms with Gasteiger partial charge in [-0.05, 0) is 54.4 Å². The first-order chi connectivity index (χ1) is 14.1. The number of carbonyl (C=O) groups excluding carboxylic acids is 1. The summed E-state index contributed by atoms with van der Waals surface area (Å²) in [5.74, 6) is -0.786. The first-order valence-corrected chi connectivity index (χ1v) is 9.28. The minimum absolute atomic E-state index is 0.150. The Bertz CT molecular complexity index is 1260. The summed E-state index contributed by atoms with van der Waals surface area (Å²) in [6.45, 7) is 1.89. The first-order valence-electron chi connectivity index (χ1n) is 9.28. The molecule has 1 N–H and O–H groups in total. The number of amides is 1. The smallest absolute Gasteiger partial charge is 0.281 e. The summed E-state index contributed by atoms with van der Waals surface area (Å²) >= 11 is 0. The Morgan fingerprint density at radius 1 is 1.10 bits per heavy atom. The predicted molar refractivity (Wildman–Crippen MR) is 110 cm³/mol. The zero-order chi connectivity index (χ0) is 20.4. The van der Waals surface area contributed by atoms with Gasteiger partial charge in [-0.3, -0.25) is 14.3 Å². The van der Waals surface area contributed by atoms with E-state index in [2.05, 4.69) is 10.3 Å². The van der Waals surface area contributed by atoms with Crippen LogP contribution in [0.5, 0.6) is 0 Å². The number of aryl methyl sites for hydroxylation is 1. The Balaban J connectivity index is 1.75. The largest absolute Gasteiger partial charge is 0.324 e. The van der Waals surface area contributed by atoms with E-state index in [-0.39, 0.29) is 18.0 Å². The molecule has 0 saturated carbocycles. The maximum atomic E-state index is 13.8. The number of carbonyl (C=O) groups is 1. The lowest BCUT2D eigenvalue weighted by Gasteiger charge is -2.13. The molecule has 2 aromatic heterocycles. The van der Waals surface area contributed by atoms with Gasteiger partial charge in [0.15, 0.2) is 5.65 Å². The molecule has 0 atom stereocenters. The normalized spacial score (nSPS) is 11.0. The van der Waals surface area contributed by atoms with Gasteiger partial charge in [0.25, 0.3) is 5.56 Å². The summed E-state index contributed by atoms with van der Waals surface area (Å²) in [6, 6.07) is 16.6. The van der Waals surface area contributed by atoms with E-state index in [1.54, 1.807) is 24.4 Å². The monoisotopic (exact) mass is 390 g/mol. The molecule has 0 saturated heterocycles. The second-order valence-corrected chi connectivity index (χ2v) is 6.63. The van der Waals surface area contributed by atoms with Crippen LogP contribution in [0.2, 0.25) is 0 Å². The molecule has 0 unspecified atom stereocenters. The second kappa shape index (κ2) is 7.71. The minimum atomic E-state index is -0.472. The summed E-state index contributed by atoms with van der Waals surface area (Å²) in [5, 5.41) is 3.21. The third kappa shape index (κ3) is 3.67. The fraction of sp³-hybridized carbons (Fsp3) is 0.136. The molecule has 1 amide bonds. The molecule has 4 rings (SSSR count). The molecule has 7 heteroatoms. The van der Waals surface area contributed by atoms with Crippen molar-refractivity contribution < 1.29 is 9.18 Å². The summed E-state index contributed by atoms with van der Waals surface area (Å²) in [6.07, 6.45) is 2.41. The highest BCUT2D eigenvalue weighted by Gasteiger charge is 2.18. The average Bonchev–Trinajstić information content (AvgIpc) is 3.00. The van der Waals surface area contributed by atoms with Crippen LogP contribution >= 0.6 is 0 Å². The van der Waals surface area contributed by atoms with Gasteiger partial charge >= 0.3 is 0 Å². The molecule has 0 fully saturated rings. The molecule has 0 radical (unpaired) electrons. The molecule has 6 nitrogen and oxygen atoms in total. The lowest BCUT2D eigenvalue weighted by atomic mass is 10.1. The van der Waals surface area contributed by atoms with Crippen LogP contribution in [0.15, 0.2) is 71.7 Å². The number of hydrogen-bond acceptors (Lipinski definition) is 3. The maximum Gasteiger partial charge on any atom is 0.281 e. The Kier molecular flexibility index (Phi) is 4.95. The van der Waals surface area contributed by atoms with Crippen LogP contribution in [0.25, 0.3) is 16.7 Å². The lowest BCUT2D eigenvalue weighted by Crippen LogP contribution is -2.27. The highest BCUT2D eigenvalue weighted by Crippen LogP contribution is 2.16. The van der Waals surface area contributed by atoms with E-state index >= 15 is 0 Å². The van der Waals surface area contributed by atoms with Crippen molar-refractivity contribution in [2.45, 2.75) is 19.9 Å². The van der Waals surface area contributed by atoms with Gasteiger partial charge in [0.05, 0.1) is 11.1 Å². The lowest BCUT2D eigenvalue weighted by molar-refractivity contribution is -0.116. The highest BCUT2D eigenvalue weighted by atomic mass is 19.1. The third-order valence-electron chi connectivity index (χ3n) is 4.66. The molecular weight excluding hydrogens is 371 g/mol. The second-order valence-electron chi connectivity index (χ2n) is 6.63. The van der Waals surface area contributed by atoms with Crippen molar-refractivity contribution in [1.82, 2.24) is 14.3 Å². The molecule has 29 heavy (non-hydrogen) atoms. The predicted octanol–water partition coefficient (Wildman–Crippen LogP) is 3.53. The Morgan fingerprint density at radius 2 is 1.93 bits per heavy atom. The van der Waals surface area contributed by atoms with E-state index in [4.69, 9.17) is 0 Å². The van der Waals surface area contributed by atoms with Crippen LogP contribution in [0, 0.1) is 5.82 Å². The Hall–Kier alpha value is -3.74. The van der Waals surface area contributed by atoms with Crippen molar-refractivity contribution in [1.29, 1.82) is 0 Å². The van der Waals surface area contributed by atoms with Gasteiger partial charge in [-0.25, -0.2) is 14.1 Å². The van der Waals surface area contributed by atoms with Crippen molar-refractivity contribution in [3.8, 4) is 5.69 Å². The zero-order valence-electron chi connectivity index (χ0n) is 15.8. The number of nitrogens with one attached hydrogen (secondary N) is 1. The van der Waals surface area contributed by atoms with E-state index < -0.39 is 5.82 Å². The summed E-state index contributed by atoms with van der Waals surface area (Å²) in [5.41, 5.74) is 2.11. The molecule has 0 bridgehead atoms. The van der Waals surface area contributed by atoms with E-state index in [9.17, 15) is 14.0 Å². The van der Waals surface area contributed by atoms with Crippen LogP contribution in [0.1, 0.15) is 12.5 Å². The molecule has 0 aliphatic rings. The molecule has 0 aliphatic heterocycles. The van der Waals surface area contributed by atoms with Gasteiger partial charge in [0.1, 0.15) is 12.4 Å². The Morgan fingerprint density at radius 3 is 2.72 bits per heavy atom. The van der Waals surface area contributed by atoms with Gasteiger partial charge in [0, 0.05) is 11.9 Å². The number of nitrogens with zero attached hydrogens (tertiary/aromatic N) is 3. The average molecular weight is 390 g/mol. The number of anilines is 1. The fourth-order valence-corrected chi connectivity index (χ4v) is 3.30. The fourth-order valence-electron chi connectivity index (χ4n) is 3.30. The molecule has 4 aromatic rings. The summed E-state index contributed by atoms with van der Waals surface area (Å²) in [7, 11) is 0. The summed E-state index contributed by atoms with van der Waals surface area (Å²) < 4.78 is 16.5. The van der Waals surface area contributed by atoms with Gasteiger partial charge in [-0.1, -0.05) is 25.1 Å². The molecular formula is C22H19FN4O2. The number of benzene rings is 2. The summed E-state index contributed by atoms with van der Waals surface area (Å²) in [4.78, 5) is 29.9. The van der Waals surface area contributed by atoms with Crippen LogP contribution in [0.3, 0.4) is 0 Å². The van der Waals surface area contributed by atoms with Crippen molar-refractivity contribution in [3.63, 3.8) is 0 Å². The minimum Gasteiger partial charge on any atom is -0.324 e. The highest BCUT2D eigenvalue weighted by molar-refractivity contribution is 5.91. The van der Waals surface area contributed by atoms with Crippen LogP contribution < -0.4 is 10.9 Å². The number of hydrogen-bond donors (Lipinski definition) is 1. The number of pyridine rings is 1. The van der Waals surface area contributed by atoms with Gasteiger partial charge in [-0.2, -0.15) is 0 Å². The van der Waals surface area contributed by atoms with Crippen molar-refractivity contribution in [2.24, 2.45) is 0 Å². The number of rotatable bonds is 5. The topological polar surface area (TPSA) is 68.9 Å². The van der Waals surface area contributed by atoms with E-state index in [0.717, 1.165) is 12.0 Å². The van der Waals surface area contributed by atoms with E-state index in [1.165, 1.54) is 27.6 Å².